The minimum Gasteiger partial charge on any atom is -0.452 e. The van der Waals surface area contributed by atoms with Crippen LogP contribution in [0.25, 0.3) is 10.9 Å². The van der Waals surface area contributed by atoms with Gasteiger partial charge < -0.3 is 9.64 Å². The maximum absolute atomic E-state index is 13.0. The zero-order valence-corrected chi connectivity index (χ0v) is 16.1. The topological polar surface area (TPSA) is 59.5 Å². The smallest absolute Gasteiger partial charge is 0.339 e. The van der Waals surface area contributed by atoms with Gasteiger partial charge in [0.1, 0.15) is 0 Å². The Balaban J connectivity index is 1.57. The lowest BCUT2D eigenvalue weighted by molar-refractivity contribution is -0.121. The number of nitrogens with zero attached hydrogens (tertiary/aromatic N) is 2. The van der Waals surface area contributed by atoms with Gasteiger partial charge in [0.2, 0.25) is 0 Å². The summed E-state index contributed by atoms with van der Waals surface area (Å²) >= 11 is 0. The summed E-state index contributed by atoms with van der Waals surface area (Å²) in [5.41, 5.74) is 3.98. The molecule has 4 rings (SSSR count). The van der Waals surface area contributed by atoms with Crippen molar-refractivity contribution >= 4 is 28.5 Å². The second-order valence-corrected chi connectivity index (χ2v) is 6.99. The number of aromatic nitrogens is 1. The number of amides is 1. The molecule has 146 valence electrons. The summed E-state index contributed by atoms with van der Waals surface area (Å²) < 4.78 is 5.48. The van der Waals surface area contributed by atoms with Crippen molar-refractivity contribution in [3.8, 4) is 0 Å². The number of hydrogen-bond donors (Lipinski definition) is 0. The van der Waals surface area contributed by atoms with Crippen molar-refractivity contribution in [1.82, 2.24) is 4.98 Å². The standard InChI is InChI=1S/C24H22N2O3/c1-2-15-26(17-9-4-3-5-10-17)22(27)16-29-24(28)23-18-11-6-7-13-20(18)25-21-14-8-12-19(21)23/h2-7,9-11,13H,1,8,12,14-16H2. The Labute approximate surface area is 169 Å². The molecule has 29 heavy (non-hydrogen) atoms. The summed E-state index contributed by atoms with van der Waals surface area (Å²) in [7, 11) is 0. The molecular formula is C24H22N2O3. The van der Waals surface area contributed by atoms with Gasteiger partial charge in [-0.3, -0.25) is 9.78 Å². The molecule has 1 amide bonds. The SMILES string of the molecule is C=CCN(C(=O)COC(=O)c1c2c(nc3ccccc13)CCC2)c1ccccc1. The van der Waals surface area contributed by atoms with E-state index in [2.05, 4.69) is 6.58 Å². The van der Waals surface area contributed by atoms with Gasteiger partial charge in [-0.15, -0.1) is 6.58 Å². The third-order valence-electron chi connectivity index (χ3n) is 5.13. The highest BCUT2D eigenvalue weighted by molar-refractivity contribution is 6.06. The number of carbonyl (C=O) groups excluding carboxylic acids is 2. The highest BCUT2D eigenvalue weighted by Crippen LogP contribution is 2.30. The van der Waals surface area contributed by atoms with Crippen molar-refractivity contribution in [2.75, 3.05) is 18.1 Å². The minimum atomic E-state index is -0.471. The molecule has 0 fully saturated rings. The molecule has 0 spiro atoms. The number of hydrogen-bond acceptors (Lipinski definition) is 4. The maximum atomic E-state index is 13.0. The van der Waals surface area contributed by atoms with Crippen molar-refractivity contribution in [2.45, 2.75) is 19.3 Å². The largest absolute Gasteiger partial charge is 0.452 e. The van der Waals surface area contributed by atoms with Crippen LogP contribution >= 0.6 is 0 Å². The Kier molecular flexibility index (Phi) is 5.38. The zero-order chi connectivity index (χ0) is 20.2. The van der Waals surface area contributed by atoms with Crippen LogP contribution in [0.2, 0.25) is 0 Å². The van der Waals surface area contributed by atoms with Crippen LogP contribution in [0, 0.1) is 0 Å². The van der Waals surface area contributed by atoms with Crippen molar-refractivity contribution in [3.05, 3.63) is 84.1 Å². The summed E-state index contributed by atoms with van der Waals surface area (Å²) in [5, 5.41) is 0.775. The fourth-order valence-corrected chi connectivity index (χ4v) is 3.81. The lowest BCUT2D eigenvalue weighted by atomic mass is 10.0. The third-order valence-corrected chi connectivity index (χ3v) is 5.13. The second kappa shape index (κ2) is 8.27. The molecule has 1 aliphatic carbocycles. The third kappa shape index (κ3) is 3.76. The average Bonchev–Trinajstić information content (AvgIpc) is 3.22. The van der Waals surface area contributed by atoms with E-state index in [1.54, 1.807) is 11.0 Å². The molecule has 0 unspecified atom stereocenters. The number of rotatable bonds is 6. The van der Waals surface area contributed by atoms with Gasteiger partial charge >= 0.3 is 5.97 Å². The van der Waals surface area contributed by atoms with Crippen molar-refractivity contribution in [1.29, 1.82) is 0 Å². The highest BCUT2D eigenvalue weighted by atomic mass is 16.5. The quantitative estimate of drug-likeness (QED) is 0.473. The zero-order valence-electron chi connectivity index (χ0n) is 16.1. The van der Waals surface area contributed by atoms with Crippen LogP contribution in [0.4, 0.5) is 5.69 Å². The Morgan fingerprint density at radius 2 is 1.83 bits per heavy atom. The van der Waals surface area contributed by atoms with Gasteiger partial charge in [0.05, 0.1) is 11.1 Å². The molecule has 1 heterocycles. The predicted octanol–water partition coefficient (Wildman–Crippen LogP) is 4.10. The van der Waals surface area contributed by atoms with Gasteiger partial charge in [-0.2, -0.15) is 0 Å². The van der Waals surface area contributed by atoms with Crippen LogP contribution in [0.5, 0.6) is 0 Å². The van der Waals surface area contributed by atoms with Gasteiger partial charge in [-0.05, 0) is 43.0 Å². The fraction of sp³-hybridized carbons (Fsp3) is 0.208. The molecule has 0 aliphatic heterocycles. The van der Waals surface area contributed by atoms with E-state index in [0.717, 1.165) is 47.1 Å². The monoisotopic (exact) mass is 386 g/mol. The molecule has 0 N–H and O–H groups in total. The summed E-state index contributed by atoms with van der Waals surface area (Å²) in [4.78, 5) is 32.0. The van der Waals surface area contributed by atoms with Crippen molar-refractivity contribution < 1.29 is 14.3 Å². The molecule has 0 radical (unpaired) electrons. The van der Waals surface area contributed by atoms with E-state index < -0.39 is 5.97 Å². The predicted molar refractivity (Wildman–Crippen MR) is 113 cm³/mol. The van der Waals surface area contributed by atoms with E-state index in [1.165, 1.54) is 0 Å². The number of esters is 1. The fourth-order valence-electron chi connectivity index (χ4n) is 3.81. The van der Waals surface area contributed by atoms with E-state index in [0.29, 0.717) is 12.1 Å². The lowest BCUT2D eigenvalue weighted by Crippen LogP contribution is -2.35. The molecule has 0 atom stereocenters. The number of benzene rings is 2. The molecule has 0 bridgehead atoms. The molecule has 3 aromatic rings. The Bertz CT molecular complexity index is 1080. The first-order chi connectivity index (χ1) is 14.2. The summed E-state index contributed by atoms with van der Waals surface area (Å²) in [6.07, 6.45) is 4.29. The van der Waals surface area contributed by atoms with E-state index in [-0.39, 0.29) is 12.5 Å². The summed E-state index contributed by atoms with van der Waals surface area (Å²) in [5.74, 6) is -0.763. The minimum absolute atomic E-state index is 0.292. The average molecular weight is 386 g/mol. The number of carbonyl (C=O) groups is 2. The normalized spacial score (nSPS) is 12.4. The number of fused-ring (bicyclic) bond motifs is 2. The Morgan fingerprint density at radius 1 is 1.07 bits per heavy atom. The molecular weight excluding hydrogens is 364 g/mol. The first-order valence-electron chi connectivity index (χ1n) is 9.73. The van der Waals surface area contributed by atoms with Gasteiger partial charge in [-0.1, -0.05) is 42.5 Å². The van der Waals surface area contributed by atoms with Crippen molar-refractivity contribution in [3.63, 3.8) is 0 Å². The highest BCUT2D eigenvalue weighted by Gasteiger charge is 2.25. The molecule has 1 aromatic heterocycles. The van der Waals surface area contributed by atoms with Gasteiger partial charge in [-0.25, -0.2) is 4.79 Å². The van der Waals surface area contributed by atoms with Gasteiger partial charge in [0.15, 0.2) is 6.61 Å². The first-order valence-corrected chi connectivity index (χ1v) is 9.73. The van der Waals surface area contributed by atoms with E-state index >= 15 is 0 Å². The van der Waals surface area contributed by atoms with Crippen LogP contribution < -0.4 is 4.90 Å². The number of aryl methyl sites for hydroxylation is 1. The van der Waals surface area contributed by atoms with E-state index in [4.69, 9.17) is 9.72 Å². The Morgan fingerprint density at radius 3 is 2.62 bits per heavy atom. The van der Waals surface area contributed by atoms with Crippen LogP contribution in [-0.2, 0) is 22.4 Å². The number of para-hydroxylation sites is 2. The maximum Gasteiger partial charge on any atom is 0.339 e. The van der Waals surface area contributed by atoms with Gasteiger partial charge in [0, 0.05) is 23.3 Å². The summed E-state index contributed by atoms with van der Waals surface area (Å²) in [6, 6.07) is 16.9. The molecule has 1 aliphatic rings. The first kappa shape index (κ1) is 18.9. The van der Waals surface area contributed by atoms with Crippen molar-refractivity contribution in [2.24, 2.45) is 0 Å². The van der Waals surface area contributed by atoms with Crippen LogP contribution in [0.1, 0.15) is 28.0 Å². The molecule has 5 heteroatoms. The number of pyridine rings is 1. The summed E-state index contributed by atoms with van der Waals surface area (Å²) in [6.45, 7) is 3.73. The van der Waals surface area contributed by atoms with E-state index in [1.807, 2.05) is 54.6 Å². The molecule has 5 nitrogen and oxygen atoms in total. The van der Waals surface area contributed by atoms with Crippen LogP contribution in [0.3, 0.4) is 0 Å². The number of anilines is 1. The van der Waals surface area contributed by atoms with Crippen LogP contribution in [-0.4, -0.2) is 30.0 Å². The lowest BCUT2D eigenvalue weighted by Gasteiger charge is -2.21. The molecule has 2 aromatic carbocycles. The van der Waals surface area contributed by atoms with Crippen LogP contribution in [0.15, 0.2) is 67.3 Å². The molecule has 0 saturated carbocycles. The number of ether oxygens (including phenoxy) is 1. The van der Waals surface area contributed by atoms with Gasteiger partial charge in [0.25, 0.3) is 5.91 Å². The van der Waals surface area contributed by atoms with E-state index in [9.17, 15) is 9.59 Å². The Hall–Kier alpha value is -3.47. The second-order valence-electron chi connectivity index (χ2n) is 6.99. The molecule has 0 saturated heterocycles.